The summed E-state index contributed by atoms with van der Waals surface area (Å²) < 4.78 is 2.54. The molecule has 0 N–H and O–H groups in total. The van der Waals surface area contributed by atoms with E-state index < -0.39 is 0 Å². The SMILES string of the molecule is CC(C)c1cccc(Cn2cc(Br)ccc2=O)n1. The highest BCUT2D eigenvalue weighted by Crippen LogP contribution is 2.12. The lowest BCUT2D eigenvalue weighted by molar-refractivity contribution is 0.719. The molecule has 18 heavy (non-hydrogen) atoms. The standard InChI is InChI=1S/C14H15BrN2O/c1-10(2)13-5-3-4-12(16-13)9-17-8-11(15)6-7-14(17)18/h3-8,10H,9H2,1-2H3. The van der Waals surface area contributed by atoms with Gasteiger partial charge in [0.2, 0.25) is 0 Å². The molecule has 3 nitrogen and oxygen atoms in total. The average molecular weight is 307 g/mol. The van der Waals surface area contributed by atoms with E-state index in [-0.39, 0.29) is 5.56 Å². The van der Waals surface area contributed by atoms with E-state index in [0.29, 0.717) is 12.5 Å². The van der Waals surface area contributed by atoms with Gasteiger partial charge >= 0.3 is 0 Å². The lowest BCUT2D eigenvalue weighted by atomic mass is 10.1. The maximum Gasteiger partial charge on any atom is 0.250 e. The van der Waals surface area contributed by atoms with Gasteiger partial charge in [-0.3, -0.25) is 9.78 Å². The summed E-state index contributed by atoms with van der Waals surface area (Å²) in [5.41, 5.74) is 1.94. The molecule has 2 heterocycles. The number of rotatable bonds is 3. The van der Waals surface area contributed by atoms with Crippen molar-refractivity contribution in [1.82, 2.24) is 9.55 Å². The molecule has 0 aliphatic heterocycles. The van der Waals surface area contributed by atoms with Crippen LogP contribution in [0.5, 0.6) is 0 Å². The third-order valence-corrected chi connectivity index (χ3v) is 3.17. The van der Waals surface area contributed by atoms with Crippen molar-refractivity contribution in [2.45, 2.75) is 26.3 Å². The first-order valence-corrected chi connectivity index (χ1v) is 6.67. The summed E-state index contributed by atoms with van der Waals surface area (Å²) in [5, 5.41) is 0. The van der Waals surface area contributed by atoms with Crippen molar-refractivity contribution in [3.05, 3.63) is 62.7 Å². The van der Waals surface area contributed by atoms with Crippen LogP contribution in [0.25, 0.3) is 0 Å². The van der Waals surface area contributed by atoms with E-state index in [9.17, 15) is 4.79 Å². The highest BCUT2D eigenvalue weighted by molar-refractivity contribution is 9.10. The van der Waals surface area contributed by atoms with Gasteiger partial charge in [-0.05, 0) is 40.0 Å². The molecule has 0 aliphatic rings. The Balaban J connectivity index is 2.31. The van der Waals surface area contributed by atoms with Gasteiger partial charge in [0.25, 0.3) is 5.56 Å². The summed E-state index contributed by atoms with van der Waals surface area (Å²) in [6.07, 6.45) is 1.78. The highest BCUT2D eigenvalue weighted by Gasteiger charge is 2.04. The van der Waals surface area contributed by atoms with Crippen LogP contribution in [0.15, 0.2) is 45.8 Å². The Bertz CT molecular complexity index is 605. The average Bonchev–Trinajstić information content (AvgIpc) is 2.34. The van der Waals surface area contributed by atoms with Crippen LogP contribution in [0.4, 0.5) is 0 Å². The minimum Gasteiger partial charge on any atom is -0.308 e. The predicted molar refractivity (Wildman–Crippen MR) is 75.8 cm³/mol. The minimum absolute atomic E-state index is 0.0186. The minimum atomic E-state index is -0.0186. The first-order valence-electron chi connectivity index (χ1n) is 5.88. The van der Waals surface area contributed by atoms with Crippen molar-refractivity contribution in [3.63, 3.8) is 0 Å². The van der Waals surface area contributed by atoms with Crippen molar-refractivity contribution in [2.75, 3.05) is 0 Å². The summed E-state index contributed by atoms with van der Waals surface area (Å²) >= 11 is 3.37. The number of aromatic nitrogens is 2. The predicted octanol–water partition coefficient (Wildman–Crippen LogP) is 3.18. The number of pyridine rings is 2. The summed E-state index contributed by atoms with van der Waals surface area (Å²) in [6, 6.07) is 9.24. The van der Waals surface area contributed by atoms with Crippen molar-refractivity contribution < 1.29 is 0 Å². The van der Waals surface area contributed by atoms with Crippen LogP contribution in [-0.2, 0) is 6.54 Å². The molecule has 94 valence electrons. The molecule has 0 aliphatic carbocycles. The molecule has 2 aromatic rings. The largest absolute Gasteiger partial charge is 0.308 e. The Morgan fingerprint density at radius 1 is 1.28 bits per heavy atom. The first kappa shape index (κ1) is 13.0. The van der Waals surface area contributed by atoms with E-state index >= 15 is 0 Å². The van der Waals surface area contributed by atoms with Crippen molar-refractivity contribution in [2.24, 2.45) is 0 Å². The second kappa shape index (κ2) is 5.48. The molecular formula is C14H15BrN2O. The van der Waals surface area contributed by atoms with E-state index in [1.54, 1.807) is 22.9 Å². The Morgan fingerprint density at radius 3 is 2.78 bits per heavy atom. The van der Waals surface area contributed by atoms with Crippen LogP contribution in [0.1, 0.15) is 31.2 Å². The van der Waals surface area contributed by atoms with Gasteiger partial charge in [-0.25, -0.2) is 0 Å². The number of halogens is 1. The summed E-state index contributed by atoms with van der Waals surface area (Å²) in [5.74, 6) is 0.393. The fourth-order valence-corrected chi connectivity index (χ4v) is 2.09. The second-order valence-corrected chi connectivity index (χ2v) is 5.44. The van der Waals surface area contributed by atoms with Crippen molar-refractivity contribution in [1.29, 1.82) is 0 Å². The van der Waals surface area contributed by atoms with Crippen LogP contribution < -0.4 is 5.56 Å². The summed E-state index contributed by atoms with van der Waals surface area (Å²) in [6.45, 7) is 4.72. The number of nitrogens with zero attached hydrogens (tertiary/aromatic N) is 2. The Morgan fingerprint density at radius 2 is 2.06 bits per heavy atom. The van der Waals surface area contributed by atoms with Gasteiger partial charge in [0.05, 0.1) is 12.2 Å². The van der Waals surface area contributed by atoms with Crippen LogP contribution >= 0.6 is 15.9 Å². The van der Waals surface area contributed by atoms with E-state index in [0.717, 1.165) is 15.9 Å². The lowest BCUT2D eigenvalue weighted by Crippen LogP contribution is -2.19. The quantitative estimate of drug-likeness (QED) is 0.873. The molecular weight excluding hydrogens is 292 g/mol. The van der Waals surface area contributed by atoms with Crippen molar-refractivity contribution >= 4 is 15.9 Å². The van der Waals surface area contributed by atoms with Gasteiger partial charge in [0.1, 0.15) is 0 Å². The van der Waals surface area contributed by atoms with Crippen LogP contribution in [0.2, 0.25) is 0 Å². The summed E-state index contributed by atoms with van der Waals surface area (Å²) in [7, 11) is 0. The molecule has 0 spiro atoms. The molecule has 0 unspecified atom stereocenters. The van der Waals surface area contributed by atoms with Gasteiger partial charge in [0, 0.05) is 22.4 Å². The molecule has 0 radical (unpaired) electrons. The fraction of sp³-hybridized carbons (Fsp3) is 0.286. The highest BCUT2D eigenvalue weighted by atomic mass is 79.9. The third-order valence-electron chi connectivity index (χ3n) is 2.70. The van der Waals surface area contributed by atoms with E-state index in [2.05, 4.69) is 34.8 Å². The Labute approximate surface area is 115 Å². The number of hydrogen-bond acceptors (Lipinski definition) is 2. The lowest BCUT2D eigenvalue weighted by Gasteiger charge is -2.09. The zero-order valence-corrected chi connectivity index (χ0v) is 12.0. The maximum absolute atomic E-state index is 11.7. The fourth-order valence-electron chi connectivity index (χ4n) is 1.71. The molecule has 0 saturated heterocycles. The summed E-state index contributed by atoms with van der Waals surface area (Å²) in [4.78, 5) is 16.3. The molecule has 2 rings (SSSR count). The van der Waals surface area contributed by atoms with Crippen LogP contribution in [0, 0.1) is 0 Å². The van der Waals surface area contributed by atoms with E-state index in [1.807, 2.05) is 18.2 Å². The number of hydrogen-bond donors (Lipinski definition) is 0. The maximum atomic E-state index is 11.7. The van der Waals surface area contributed by atoms with E-state index in [1.165, 1.54) is 0 Å². The molecule has 0 bridgehead atoms. The van der Waals surface area contributed by atoms with Gasteiger partial charge < -0.3 is 4.57 Å². The Kier molecular flexibility index (Phi) is 3.97. The molecule has 2 aromatic heterocycles. The zero-order valence-electron chi connectivity index (χ0n) is 10.4. The van der Waals surface area contributed by atoms with Gasteiger partial charge in [-0.15, -0.1) is 0 Å². The normalized spacial score (nSPS) is 10.9. The topological polar surface area (TPSA) is 34.9 Å². The van der Waals surface area contributed by atoms with Crippen LogP contribution in [-0.4, -0.2) is 9.55 Å². The Hall–Kier alpha value is -1.42. The first-order chi connectivity index (χ1) is 8.56. The molecule has 0 aromatic carbocycles. The smallest absolute Gasteiger partial charge is 0.250 e. The zero-order chi connectivity index (χ0) is 13.1. The molecule has 0 atom stereocenters. The molecule has 4 heteroatoms. The van der Waals surface area contributed by atoms with E-state index in [4.69, 9.17) is 0 Å². The van der Waals surface area contributed by atoms with Crippen molar-refractivity contribution in [3.8, 4) is 0 Å². The second-order valence-electron chi connectivity index (χ2n) is 4.52. The molecule has 0 saturated carbocycles. The monoisotopic (exact) mass is 306 g/mol. The van der Waals surface area contributed by atoms with Gasteiger partial charge in [0.15, 0.2) is 0 Å². The molecule has 0 fully saturated rings. The third kappa shape index (κ3) is 3.07. The van der Waals surface area contributed by atoms with Gasteiger partial charge in [-0.1, -0.05) is 19.9 Å². The van der Waals surface area contributed by atoms with Crippen LogP contribution in [0.3, 0.4) is 0 Å². The van der Waals surface area contributed by atoms with Gasteiger partial charge in [-0.2, -0.15) is 0 Å². The molecule has 0 amide bonds.